The summed E-state index contributed by atoms with van der Waals surface area (Å²) in [6.45, 7) is 0.382. The maximum atomic E-state index is 11.9. The van der Waals surface area contributed by atoms with E-state index in [2.05, 4.69) is 33.4 Å². The van der Waals surface area contributed by atoms with Crippen molar-refractivity contribution in [1.82, 2.24) is 9.88 Å². The first-order chi connectivity index (χ1) is 12.0. The van der Waals surface area contributed by atoms with E-state index in [1.54, 1.807) is 24.3 Å². The molecule has 2 aromatic carbocycles. The number of nitrogens with one attached hydrogen (secondary N) is 2. The first-order valence-corrected chi connectivity index (χ1v) is 8.30. The van der Waals surface area contributed by atoms with Gasteiger partial charge in [0, 0.05) is 25.3 Å². The van der Waals surface area contributed by atoms with Gasteiger partial charge in [0.15, 0.2) is 0 Å². The topological polar surface area (TPSA) is 63.1 Å². The molecule has 5 nitrogen and oxygen atoms in total. The minimum atomic E-state index is -0.730. The Morgan fingerprint density at radius 3 is 2.68 bits per heavy atom. The maximum Gasteiger partial charge on any atom is 0.313 e. The number of aromatic nitrogens is 1. The van der Waals surface area contributed by atoms with Crippen LogP contribution in [-0.2, 0) is 23.1 Å². The third-order valence-corrected chi connectivity index (χ3v) is 4.31. The molecule has 2 N–H and O–H groups in total. The number of carbonyl (C=O) groups is 2. The van der Waals surface area contributed by atoms with Gasteiger partial charge in [-0.05, 0) is 47.7 Å². The van der Waals surface area contributed by atoms with Crippen molar-refractivity contribution in [3.05, 3.63) is 65.3 Å². The van der Waals surface area contributed by atoms with Gasteiger partial charge in [-0.25, -0.2) is 0 Å². The SMILES string of the molecule is Cn1ccc2cc(CCNC(=O)C(=O)Nc3ccccc3Cl)ccc21. The van der Waals surface area contributed by atoms with Crippen LogP contribution >= 0.6 is 11.6 Å². The molecule has 0 saturated heterocycles. The number of carbonyl (C=O) groups excluding carboxylic acids is 2. The van der Waals surface area contributed by atoms with Crippen molar-refractivity contribution in [3.8, 4) is 0 Å². The number of nitrogens with zero attached hydrogens (tertiary/aromatic N) is 1. The quantitative estimate of drug-likeness (QED) is 0.706. The maximum absolute atomic E-state index is 11.9. The van der Waals surface area contributed by atoms with E-state index in [-0.39, 0.29) is 0 Å². The summed E-state index contributed by atoms with van der Waals surface area (Å²) in [6.07, 6.45) is 2.66. The van der Waals surface area contributed by atoms with E-state index >= 15 is 0 Å². The zero-order valence-corrected chi connectivity index (χ0v) is 14.5. The van der Waals surface area contributed by atoms with Crippen molar-refractivity contribution in [2.45, 2.75) is 6.42 Å². The number of anilines is 1. The highest BCUT2D eigenvalue weighted by Gasteiger charge is 2.14. The molecule has 2 amide bonds. The van der Waals surface area contributed by atoms with Gasteiger partial charge in [0.2, 0.25) is 0 Å². The predicted molar refractivity (Wildman–Crippen MR) is 99.7 cm³/mol. The molecule has 0 saturated carbocycles. The van der Waals surface area contributed by atoms with Gasteiger partial charge in [0.05, 0.1) is 10.7 Å². The molecule has 0 bridgehead atoms. The molecule has 0 aliphatic carbocycles. The van der Waals surface area contributed by atoms with Crippen LogP contribution in [0.15, 0.2) is 54.7 Å². The summed E-state index contributed by atoms with van der Waals surface area (Å²) in [5.41, 5.74) is 2.68. The lowest BCUT2D eigenvalue weighted by molar-refractivity contribution is -0.136. The van der Waals surface area contributed by atoms with E-state index in [0.29, 0.717) is 23.7 Å². The third-order valence-electron chi connectivity index (χ3n) is 3.98. The van der Waals surface area contributed by atoms with Gasteiger partial charge in [-0.2, -0.15) is 0 Å². The zero-order valence-electron chi connectivity index (χ0n) is 13.8. The van der Waals surface area contributed by atoms with Crippen LogP contribution in [0, 0.1) is 0 Å². The first-order valence-electron chi connectivity index (χ1n) is 7.92. The van der Waals surface area contributed by atoms with Crippen LogP contribution in [0.1, 0.15) is 5.56 Å². The highest BCUT2D eigenvalue weighted by Crippen LogP contribution is 2.20. The normalized spacial score (nSPS) is 10.6. The highest BCUT2D eigenvalue weighted by molar-refractivity contribution is 6.41. The second-order valence-electron chi connectivity index (χ2n) is 5.76. The third kappa shape index (κ3) is 4.00. The average Bonchev–Trinajstić information content (AvgIpc) is 2.97. The summed E-state index contributed by atoms with van der Waals surface area (Å²) in [4.78, 5) is 23.8. The second-order valence-corrected chi connectivity index (χ2v) is 6.17. The minimum Gasteiger partial charge on any atom is -0.351 e. The van der Waals surface area contributed by atoms with Crippen molar-refractivity contribution in [1.29, 1.82) is 0 Å². The molecule has 0 aliphatic rings. The van der Waals surface area contributed by atoms with Gasteiger partial charge in [0.1, 0.15) is 0 Å². The molecule has 0 radical (unpaired) electrons. The molecule has 3 rings (SSSR count). The molecule has 0 aliphatic heterocycles. The summed E-state index contributed by atoms with van der Waals surface area (Å²) in [7, 11) is 2.00. The van der Waals surface area contributed by atoms with E-state index in [0.717, 1.165) is 16.5 Å². The van der Waals surface area contributed by atoms with E-state index in [1.165, 1.54) is 0 Å². The van der Waals surface area contributed by atoms with Gasteiger partial charge in [-0.3, -0.25) is 9.59 Å². The summed E-state index contributed by atoms with van der Waals surface area (Å²) in [6, 6.07) is 15.0. The molecule has 1 heterocycles. The lowest BCUT2D eigenvalue weighted by atomic mass is 10.1. The van der Waals surface area contributed by atoms with Crippen LogP contribution in [0.4, 0.5) is 5.69 Å². The van der Waals surface area contributed by atoms with Crippen molar-refractivity contribution in [2.24, 2.45) is 7.05 Å². The number of halogens is 1. The van der Waals surface area contributed by atoms with Crippen LogP contribution in [-0.4, -0.2) is 22.9 Å². The van der Waals surface area contributed by atoms with Gasteiger partial charge >= 0.3 is 11.8 Å². The molecular formula is C19H18ClN3O2. The Labute approximate surface area is 150 Å². The molecule has 1 aromatic heterocycles. The highest BCUT2D eigenvalue weighted by atomic mass is 35.5. The number of hydrogen-bond donors (Lipinski definition) is 2. The number of aryl methyl sites for hydroxylation is 1. The number of rotatable bonds is 4. The van der Waals surface area contributed by atoms with Crippen LogP contribution in [0.2, 0.25) is 5.02 Å². The number of amides is 2. The summed E-state index contributed by atoms with van der Waals surface area (Å²) >= 11 is 5.96. The van der Waals surface area contributed by atoms with Crippen LogP contribution in [0.3, 0.4) is 0 Å². The average molecular weight is 356 g/mol. The monoisotopic (exact) mass is 355 g/mol. The minimum absolute atomic E-state index is 0.382. The van der Waals surface area contributed by atoms with Crippen LogP contribution < -0.4 is 10.6 Å². The smallest absolute Gasteiger partial charge is 0.313 e. The number of para-hydroxylation sites is 1. The fourth-order valence-corrected chi connectivity index (χ4v) is 2.81. The largest absolute Gasteiger partial charge is 0.351 e. The Kier molecular flexibility index (Phi) is 5.05. The van der Waals surface area contributed by atoms with Gasteiger partial charge in [0.25, 0.3) is 0 Å². The number of fused-ring (bicyclic) bond motifs is 1. The molecule has 0 spiro atoms. The zero-order chi connectivity index (χ0) is 17.8. The van der Waals surface area contributed by atoms with Crippen molar-refractivity contribution >= 4 is 40.0 Å². The number of benzene rings is 2. The van der Waals surface area contributed by atoms with Crippen molar-refractivity contribution in [3.63, 3.8) is 0 Å². The molecule has 3 aromatic rings. The van der Waals surface area contributed by atoms with Crippen molar-refractivity contribution in [2.75, 3.05) is 11.9 Å². The lowest BCUT2D eigenvalue weighted by Crippen LogP contribution is -2.36. The van der Waals surface area contributed by atoms with Gasteiger partial charge in [-0.15, -0.1) is 0 Å². The standard InChI is InChI=1S/C19H18ClN3O2/c1-23-11-9-14-12-13(6-7-17(14)23)8-10-21-18(24)19(25)22-16-5-3-2-4-15(16)20/h2-7,9,11-12H,8,10H2,1H3,(H,21,24)(H,22,25). The molecule has 6 heteroatoms. The molecule has 0 atom stereocenters. The summed E-state index contributed by atoms with van der Waals surface area (Å²) in [5, 5.41) is 6.67. The lowest BCUT2D eigenvalue weighted by Gasteiger charge is -2.08. The predicted octanol–water partition coefficient (Wildman–Crippen LogP) is 3.13. The van der Waals surface area contributed by atoms with Gasteiger partial charge < -0.3 is 15.2 Å². The Morgan fingerprint density at radius 2 is 1.88 bits per heavy atom. The second kappa shape index (κ2) is 7.40. The van der Waals surface area contributed by atoms with E-state index in [1.807, 2.05) is 19.3 Å². The molecular weight excluding hydrogens is 338 g/mol. The Balaban J connectivity index is 1.53. The van der Waals surface area contributed by atoms with Crippen LogP contribution in [0.25, 0.3) is 10.9 Å². The van der Waals surface area contributed by atoms with Crippen molar-refractivity contribution < 1.29 is 9.59 Å². The van der Waals surface area contributed by atoms with E-state index in [9.17, 15) is 9.59 Å². The Bertz CT molecular complexity index is 933. The first kappa shape index (κ1) is 17.0. The molecule has 0 fully saturated rings. The summed E-state index contributed by atoms with van der Waals surface area (Å²) < 4.78 is 2.06. The molecule has 128 valence electrons. The van der Waals surface area contributed by atoms with Crippen LogP contribution in [0.5, 0.6) is 0 Å². The molecule has 0 unspecified atom stereocenters. The van der Waals surface area contributed by atoms with Gasteiger partial charge in [-0.1, -0.05) is 29.8 Å². The molecule has 25 heavy (non-hydrogen) atoms. The fraction of sp³-hybridized carbons (Fsp3) is 0.158. The van der Waals surface area contributed by atoms with E-state index < -0.39 is 11.8 Å². The Hall–Kier alpha value is -2.79. The number of hydrogen-bond acceptors (Lipinski definition) is 2. The fourth-order valence-electron chi connectivity index (χ4n) is 2.63. The Morgan fingerprint density at radius 1 is 1.08 bits per heavy atom. The van der Waals surface area contributed by atoms with E-state index in [4.69, 9.17) is 11.6 Å². The summed E-state index contributed by atoms with van der Waals surface area (Å²) in [5.74, 6) is -1.41.